The van der Waals surface area contributed by atoms with Gasteiger partial charge in [0.15, 0.2) is 11.6 Å². The van der Waals surface area contributed by atoms with E-state index >= 15 is 0 Å². The average molecular weight is 336 g/mol. The molecule has 0 radical (unpaired) electrons. The summed E-state index contributed by atoms with van der Waals surface area (Å²) in [4.78, 5) is 14.5. The van der Waals surface area contributed by atoms with Crippen molar-refractivity contribution in [1.82, 2.24) is 4.90 Å². The molecule has 0 saturated heterocycles. The standard InChI is InChI=1S/C17H18F2N2OS/c1-21(2)10-12-4-3-5-13(8-12)20-17(22)11-23-14-6-7-15(18)16(19)9-14/h3-9H,10-11H2,1-2H3,(H,20,22). The Morgan fingerprint density at radius 2 is 1.91 bits per heavy atom. The molecule has 0 aliphatic carbocycles. The quantitative estimate of drug-likeness (QED) is 0.815. The summed E-state index contributed by atoms with van der Waals surface area (Å²) in [5.41, 5.74) is 1.82. The van der Waals surface area contributed by atoms with Gasteiger partial charge in [0, 0.05) is 17.1 Å². The van der Waals surface area contributed by atoms with E-state index < -0.39 is 11.6 Å². The lowest BCUT2D eigenvalue weighted by molar-refractivity contribution is -0.113. The van der Waals surface area contributed by atoms with Crippen molar-refractivity contribution in [3.8, 4) is 0 Å². The maximum Gasteiger partial charge on any atom is 0.234 e. The molecule has 3 nitrogen and oxygen atoms in total. The summed E-state index contributed by atoms with van der Waals surface area (Å²) in [6.07, 6.45) is 0. The van der Waals surface area contributed by atoms with Gasteiger partial charge >= 0.3 is 0 Å². The molecule has 1 N–H and O–H groups in total. The summed E-state index contributed by atoms with van der Waals surface area (Å²) in [7, 11) is 3.95. The molecule has 0 unspecified atom stereocenters. The summed E-state index contributed by atoms with van der Waals surface area (Å²) < 4.78 is 26.0. The van der Waals surface area contributed by atoms with Gasteiger partial charge in [-0.1, -0.05) is 12.1 Å². The molecule has 0 spiro atoms. The number of hydrogen-bond acceptors (Lipinski definition) is 3. The van der Waals surface area contributed by atoms with Crippen LogP contribution in [0.5, 0.6) is 0 Å². The summed E-state index contributed by atoms with van der Waals surface area (Å²) >= 11 is 1.16. The zero-order valence-corrected chi connectivity index (χ0v) is 13.8. The van der Waals surface area contributed by atoms with Gasteiger partial charge in [-0.2, -0.15) is 0 Å². The second-order valence-electron chi connectivity index (χ2n) is 5.35. The number of nitrogens with one attached hydrogen (secondary N) is 1. The van der Waals surface area contributed by atoms with E-state index in [2.05, 4.69) is 5.32 Å². The van der Waals surface area contributed by atoms with E-state index in [9.17, 15) is 13.6 Å². The van der Waals surface area contributed by atoms with Crippen molar-refractivity contribution in [3.05, 3.63) is 59.7 Å². The Hall–Kier alpha value is -1.92. The van der Waals surface area contributed by atoms with Gasteiger partial charge in [-0.25, -0.2) is 8.78 Å². The third-order valence-corrected chi connectivity index (χ3v) is 3.96. The fraction of sp³-hybridized carbons (Fsp3) is 0.235. The minimum Gasteiger partial charge on any atom is -0.325 e. The van der Waals surface area contributed by atoms with Crippen molar-refractivity contribution < 1.29 is 13.6 Å². The lowest BCUT2D eigenvalue weighted by atomic mass is 10.2. The highest BCUT2D eigenvalue weighted by Gasteiger charge is 2.07. The minimum atomic E-state index is -0.910. The first-order valence-electron chi connectivity index (χ1n) is 7.05. The third kappa shape index (κ3) is 5.65. The molecule has 0 aliphatic rings. The maximum atomic E-state index is 13.1. The van der Waals surface area contributed by atoms with Gasteiger partial charge in [-0.05, 0) is 50.0 Å². The molecule has 0 heterocycles. The first-order chi connectivity index (χ1) is 10.9. The molecule has 2 aromatic rings. The van der Waals surface area contributed by atoms with Crippen molar-refractivity contribution in [3.63, 3.8) is 0 Å². The van der Waals surface area contributed by atoms with E-state index in [0.29, 0.717) is 4.90 Å². The highest BCUT2D eigenvalue weighted by molar-refractivity contribution is 8.00. The zero-order chi connectivity index (χ0) is 16.8. The molecule has 0 aromatic heterocycles. The Morgan fingerprint density at radius 1 is 1.13 bits per heavy atom. The molecule has 23 heavy (non-hydrogen) atoms. The fourth-order valence-electron chi connectivity index (χ4n) is 2.03. The maximum absolute atomic E-state index is 13.1. The summed E-state index contributed by atoms with van der Waals surface area (Å²) in [5.74, 6) is -1.87. The topological polar surface area (TPSA) is 32.3 Å². The van der Waals surface area contributed by atoms with E-state index in [-0.39, 0.29) is 11.7 Å². The van der Waals surface area contributed by atoms with Crippen molar-refractivity contribution in [2.24, 2.45) is 0 Å². The summed E-state index contributed by atoms with van der Waals surface area (Å²) in [6.45, 7) is 0.785. The molecule has 0 atom stereocenters. The van der Waals surface area contributed by atoms with Crippen molar-refractivity contribution in [2.75, 3.05) is 25.2 Å². The first-order valence-corrected chi connectivity index (χ1v) is 8.04. The van der Waals surface area contributed by atoms with Crippen LogP contribution >= 0.6 is 11.8 Å². The molecule has 0 aliphatic heterocycles. The number of benzene rings is 2. The van der Waals surface area contributed by atoms with Gasteiger partial charge in [0.1, 0.15) is 0 Å². The van der Waals surface area contributed by atoms with Gasteiger partial charge in [-0.15, -0.1) is 11.8 Å². The second kappa shape index (κ2) is 8.08. The number of anilines is 1. The minimum absolute atomic E-state index is 0.128. The van der Waals surface area contributed by atoms with Crippen LogP contribution in [0.3, 0.4) is 0 Å². The van der Waals surface area contributed by atoms with Crippen molar-refractivity contribution in [1.29, 1.82) is 0 Å². The van der Waals surface area contributed by atoms with E-state index in [1.54, 1.807) is 0 Å². The van der Waals surface area contributed by atoms with E-state index in [1.807, 2.05) is 43.3 Å². The smallest absolute Gasteiger partial charge is 0.234 e. The monoisotopic (exact) mass is 336 g/mol. The van der Waals surface area contributed by atoms with E-state index in [0.717, 1.165) is 41.7 Å². The van der Waals surface area contributed by atoms with Crippen LogP contribution in [0.15, 0.2) is 47.4 Å². The number of thioether (sulfide) groups is 1. The van der Waals surface area contributed by atoms with E-state index in [1.165, 1.54) is 6.07 Å². The lowest BCUT2D eigenvalue weighted by Gasteiger charge is -2.11. The summed E-state index contributed by atoms with van der Waals surface area (Å²) in [5, 5.41) is 2.81. The van der Waals surface area contributed by atoms with Gasteiger partial charge in [0.25, 0.3) is 0 Å². The average Bonchev–Trinajstić information content (AvgIpc) is 2.48. The number of carbonyl (C=O) groups excluding carboxylic acids is 1. The molecule has 2 rings (SSSR count). The Kier molecular flexibility index (Phi) is 6.12. The molecular weight excluding hydrogens is 318 g/mol. The number of carbonyl (C=O) groups is 1. The van der Waals surface area contributed by atoms with Crippen LogP contribution in [-0.4, -0.2) is 30.7 Å². The van der Waals surface area contributed by atoms with Crippen LogP contribution in [0.1, 0.15) is 5.56 Å². The lowest BCUT2D eigenvalue weighted by Crippen LogP contribution is -2.15. The molecule has 6 heteroatoms. The largest absolute Gasteiger partial charge is 0.325 e. The van der Waals surface area contributed by atoms with E-state index in [4.69, 9.17) is 0 Å². The molecule has 122 valence electrons. The van der Waals surface area contributed by atoms with Crippen LogP contribution < -0.4 is 5.32 Å². The second-order valence-corrected chi connectivity index (χ2v) is 6.40. The van der Waals surface area contributed by atoms with Gasteiger partial charge in [0.2, 0.25) is 5.91 Å². The van der Waals surface area contributed by atoms with Crippen LogP contribution in [-0.2, 0) is 11.3 Å². The van der Waals surface area contributed by atoms with Gasteiger partial charge in [0.05, 0.1) is 5.75 Å². The fourth-order valence-corrected chi connectivity index (χ4v) is 2.75. The predicted molar refractivity (Wildman–Crippen MR) is 89.5 cm³/mol. The molecule has 2 aromatic carbocycles. The number of rotatable bonds is 6. The van der Waals surface area contributed by atoms with Gasteiger partial charge < -0.3 is 10.2 Å². The number of hydrogen-bond donors (Lipinski definition) is 1. The molecule has 0 fully saturated rings. The van der Waals surface area contributed by atoms with Gasteiger partial charge in [-0.3, -0.25) is 4.79 Å². The Bertz CT molecular complexity index is 692. The number of nitrogens with zero attached hydrogens (tertiary/aromatic N) is 1. The molecule has 0 saturated carbocycles. The highest BCUT2D eigenvalue weighted by Crippen LogP contribution is 2.21. The normalized spacial score (nSPS) is 10.8. The van der Waals surface area contributed by atoms with Crippen molar-refractivity contribution >= 4 is 23.4 Å². The third-order valence-electron chi connectivity index (χ3n) is 2.97. The van der Waals surface area contributed by atoms with Crippen LogP contribution in [0.25, 0.3) is 0 Å². The first kappa shape index (κ1) is 17.4. The molecule has 0 bridgehead atoms. The Balaban J connectivity index is 1.90. The predicted octanol–water partition coefficient (Wildman–Crippen LogP) is 3.76. The SMILES string of the molecule is CN(C)Cc1cccc(NC(=O)CSc2ccc(F)c(F)c2)c1. The zero-order valence-electron chi connectivity index (χ0n) is 13.0. The molecule has 1 amide bonds. The highest BCUT2D eigenvalue weighted by atomic mass is 32.2. The number of halogens is 2. The Morgan fingerprint density at radius 3 is 2.61 bits per heavy atom. The van der Waals surface area contributed by atoms with Crippen LogP contribution in [0.4, 0.5) is 14.5 Å². The number of amides is 1. The van der Waals surface area contributed by atoms with Crippen LogP contribution in [0, 0.1) is 11.6 Å². The van der Waals surface area contributed by atoms with Crippen molar-refractivity contribution in [2.45, 2.75) is 11.4 Å². The van der Waals surface area contributed by atoms with Crippen LogP contribution in [0.2, 0.25) is 0 Å². The summed E-state index contributed by atoms with van der Waals surface area (Å²) in [6, 6.07) is 11.2. The molecular formula is C17H18F2N2OS. The Labute approximate surface area is 138 Å².